The highest BCUT2D eigenvalue weighted by molar-refractivity contribution is 7.89. The van der Waals surface area contributed by atoms with Crippen LogP contribution in [0.25, 0.3) is 11.0 Å². The SMILES string of the molecule is CCN(CC)S(=O)(=O)c1ccc2c(c1)nc(CCC(=O)Nc1cc(Cl)ccc1Cl)n2C. The molecule has 31 heavy (non-hydrogen) atoms. The number of amides is 1. The Bertz CT molecular complexity index is 1220. The van der Waals surface area contributed by atoms with Crippen LogP contribution in [0.15, 0.2) is 41.3 Å². The molecule has 3 rings (SSSR count). The second-order valence-electron chi connectivity index (χ2n) is 7.00. The van der Waals surface area contributed by atoms with Crippen molar-refractivity contribution >= 4 is 55.9 Å². The van der Waals surface area contributed by atoms with Crippen molar-refractivity contribution in [1.82, 2.24) is 13.9 Å². The molecule has 0 unspecified atom stereocenters. The quantitative estimate of drug-likeness (QED) is 0.512. The summed E-state index contributed by atoms with van der Waals surface area (Å²) in [6.45, 7) is 4.41. The molecular weight excluding hydrogens is 459 g/mol. The van der Waals surface area contributed by atoms with Crippen LogP contribution < -0.4 is 5.32 Å². The summed E-state index contributed by atoms with van der Waals surface area (Å²) in [5.41, 5.74) is 1.83. The van der Waals surface area contributed by atoms with Gasteiger partial charge in [0, 0.05) is 38.0 Å². The molecule has 166 valence electrons. The first-order valence-electron chi connectivity index (χ1n) is 9.87. The van der Waals surface area contributed by atoms with E-state index >= 15 is 0 Å². The molecular formula is C21H24Cl2N4O3S. The third-order valence-corrected chi connectivity index (χ3v) is 7.68. The number of nitrogens with one attached hydrogen (secondary N) is 1. The summed E-state index contributed by atoms with van der Waals surface area (Å²) >= 11 is 12.0. The van der Waals surface area contributed by atoms with Crippen LogP contribution in [0.4, 0.5) is 5.69 Å². The van der Waals surface area contributed by atoms with Crippen molar-refractivity contribution in [1.29, 1.82) is 0 Å². The van der Waals surface area contributed by atoms with E-state index in [9.17, 15) is 13.2 Å². The largest absolute Gasteiger partial charge is 0.331 e. The molecule has 0 aliphatic heterocycles. The van der Waals surface area contributed by atoms with Crippen molar-refractivity contribution in [2.24, 2.45) is 7.05 Å². The lowest BCUT2D eigenvalue weighted by Crippen LogP contribution is -2.30. The van der Waals surface area contributed by atoms with Gasteiger partial charge in [0.25, 0.3) is 0 Å². The van der Waals surface area contributed by atoms with E-state index in [1.807, 2.05) is 11.6 Å². The second kappa shape index (κ2) is 9.56. The zero-order valence-corrected chi connectivity index (χ0v) is 19.9. The number of anilines is 1. The number of carbonyl (C=O) groups excluding carboxylic acids is 1. The van der Waals surface area contributed by atoms with Crippen LogP contribution in [0, 0.1) is 0 Å². The third kappa shape index (κ3) is 5.03. The fourth-order valence-corrected chi connectivity index (χ4v) is 5.17. The van der Waals surface area contributed by atoms with Crippen molar-refractivity contribution in [3.63, 3.8) is 0 Å². The van der Waals surface area contributed by atoms with E-state index in [0.29, 0.717) is 46.6 Å². The number of sulfonamides is 1. The van der Waals surface area contributed by atoms with E-state index in [4.69, 9.17) is 23.2 Å². The number of aromatic nitrogens is 2. The van der Waals surface area contributed by atoms with E-state index in [-0.39, 0.29) is 17.2 Å². The first-order chi connectivity index (χ1) is 14.7. The maximum Gasteiger partial charge on any atom is 0.243 e. The summed E-state index contributed by atoms with van der Waals surface area (Å²) in [5.74, 6) is 0.459. The van der Waals surface area contributed by atoms with Gasteiger partial charge in [-0.3, -0.25) is 4.79 Å². The Hall–Kier alpha value is -2.13. The molecule has 1 N–H and O–H groups in total. The van der Waals surface area contributed by atoms with Gasteiger partial charge >= 0.3 is 0 Å². The Balaban J connectivity index is 1.78. The predicted molar refractivity (Wildman–Crippen MR) is 124 cm³/mol. The van der Waals surface area contributed by atoms with E-state index in [1.54, 1.807) is 50.2 Å². The Morgan fingerprint density at radius 2 is 1.84 bits per heavy atom. The average molecular weight is 483 g/mol. The molecule has 0 bridgehead atoms. The summed E-state index contributed by atoms with van der Waals surface area (Å²) in [5, 5.41) is 3.63. The molecule has 1 amide bonds. The monoisotopic (exact) mass is 482 g/mol. The maximum atomic E-state index is 12.8. The molecule has 0 saturated carbocycles. The maximum absolute atomic E-state index is 12.8. The van der Waals surface area contributed by atoms with Crippen molar-refractivity contribution in [2.75, 3.05) is 18.4 Å². The minimum absolute atomic E-state index is 0.185. The molecule has 1 heterocycles. The van der Waals surface area contributed by atoms with Crippen LogP contribution in [-0.2, 0) is 28.3 Å². The van der Waals surface area contributed by atoms with Crippen molar-refractivity contribution in [3.8, 4) is 0 Å². The molecule has 3 aromatic rings. The minimum atomic E-state index is -3.57. The molecule has 7 nitrogen and oxygen atoms in total. The lowest BCUT2D eigenvalue weighted by molar-refractivity contribution is -0.116. The van der Waals surface area contributed by atoms with Crippen LogP contribution >= 0.6 is 23.2 Å². The van der Waals surface area contributed by atoms with Crippen molar-refractivity contribution in [3.05, 3.63) is 52.3 Å². The van der Waals surface area contributed by atoms with Crippen LogP contribution in [0.3, 0.4) is 0 Å². The summed E-state index contributed by atoms with van der Waals surface area (Å²) in [7, 11) is -1.73. The normalized spacial score (nSPS) is 11.9. The summed E-state index contributed by atoms with van der Waals surface area (Å²) in [6.07, 6.45) is 0.567. The van der Waals surface area contributed by atoms with Gasteiger partial charge in [0.15, 0.2) is 0 Å². The summed E-state index contributed by atoms with van der Waals surface area (Å²) < 4.78 is 28.8. The standard InChI is InChI=1S/C21H24Cl2N4O3S/c1-4-27(5-2)31(29,30)15-7-9-19-18(13-15)24-20(26(19)3)10-11-21(28)25-17-12-14(22)6-8-16(17)23/h6-9,12-13H,4-5,10-11H2,1-3H3,(H,25,28). The van der Waals surface area contributed by atoms with Gasteiger partial charge in [0.05, 0.1) is 26.6 Å². The number of nitrogens with zero attached hydrogens (tertiary/aromatic N) is 3. The van der Waals surface area contributed by atoms with Crippen LogP contribution in [0.5, 0.6) is 0 Å². The van der Waals surface area contributed by atoms with E-state index < -0.39 is 10.0 Å². The number of halogens is 2. The topological polar surface area (TPSA) is 84.3 Å². The zero-order valence-electron chi connectivity index (χ0n) is 17.5. The molecule has 0 spiro atoms. The van der Waals surface area contributed by atoms with Gasteiger partial charge < -0.3 is 9.88 Å². The smallest absolute Gasteiger partial charge is 0.243 e. The van der Waals surface area contributed by atoms with Gasteiger partial charge in [-0.05, 0) is 36.4 Å². The van der Waals surface area contributed by atoms with Crippen LogP contribution in [0.1, 0.15) is 26.1 Å². The zero-order chi connectivity index (χ0) is 22.8. The highest BCUT2D eigenvalue weighted by atomic mass is 35.5. The lowest BCUT2D eigenvalue weighted by Gasteiger charge is -2.18. The van der Waals surface area contributed by atoms with Gasteiger partial charge in [0.1, 0.15) is 5.82 Å². The first-order valence-corrected chi connectivity index (χ1v) is 12.1. The molecule has 0 fully saturated rings. The molecule has 1 aromatic heterocycles. The number of rotatable bonds is 8. The van der Waals surface area contributed by atoms with Gasteiger partial charge in [-0.15, -0.1) is 0 Å². The van der Waals surface area contributed by atoms with Gasteiger partial charge in [-0.2, -0.15) is 4.31 Å². The first kappa shape index (κ1) is 23.5. The number of hydrogen-bond acceptors (Lipinski definition) is 4. The fourth-order valence-electron chi connectivity index (χ4n) is 3.36. The number of aryl methyl sites for hydroxylation is 2. The minimum Gasteiger partial charge on any atom is -0.331 e. The Morgan fingerprint density at radius 1 is 1.13 bits per heavy atom. The number of benzene rings is 2. The van der Waals surface area contributed by atoms with Crippen LogP contribution in [0.2, 0.25) is 10.0 Å². The Morgan fingerprint density at radius 3 is 2.52 bits per heavy atom. The number of carbonyl (C=O) groups is 1. The average Bonchev–Trinajstić information content (AvgIpc) is 3.05. The number of hydrogen-bond donors (Lipinski definition) is 1. The molecule has 10 heteroatoms. The molecule has 0 radical (unpaired) electrons. The lowest BCUT2D eigenvalue weighted by atomic mass is 10.2. The number of fused-ring (bicyclic) bond motifs is 1. The van der Waals surface area contributed by atoms with Crippen molar-refractivity contribution < 1.29 is 13.2 Å². The third-order valence-electron chi connectivity index (χ3n) is 5.07. The predicted octanol–water partition coefficient (Wildman–Crippen LogP) is 4.48. The molecule has 0 aliphatic rings. The van der Waals surface area contributed by atoms with E-state index in [2.05, 4.69) is 10.3 Å². The van der Waals surface area contributed by atoms with Gasteiger partial charge in [-0.1, -0.05) is 37.0 Å². The van der Waals surface area contributed by atoms with Gasteiger partial charge in [0.2, 0.25) is 15.9 Å². The molecule has 0 saturated heterocycles. The van der Waals surface area contributed by atoms with E-state index in [1.165, 1.54) is 4.31 Å². The molecule has 0 atom stereocenters. The Kier molecular flexibility index (Phi) is 7.26. The summed E-state index contributed by atoms with van der Waals surface area (Å²) in [6, 6.07) is 9.78. The number of imidazole rings is 1. The van der Waals surface area contributed by atoms with Crippen molar-refractivity contribution in [2.45, 2.75) is 31.6 Å². The summed E-state index contributed by atoms with van der Waals surface area (Å²) in [4.78, 5) is 17.1. The second-order valence-corrected chi connectivity index (χ2v) is 9.78. The molecule has 0 aliphatic carbocycles. The molecule has 2 aromatic carbocycles. The van der Waals surface area contributed by atoms with Crippen LogP contribution in [-0.4, -0.2) is 41.3 Å². The Labute approximate surface area is 192 Å². The van der Waals surface area contributed by atoms with Gasteiger partial charge in [-0.25, -0.2) is 13.4 Å². The van der Waals surface area contributed by atoms with E-state index in [0.717, 1.165) is 5.52 Å². The highest BCUT2D eigenvalue weighted by Crippen LogP contribution is 2.26. The highest BCUT2D eigenvalue weighted by Gasteiger charge is 2.22. The fraction of sp³-hybridized carbons (Fsp3) is 0.333.